The monoisotopic (exact) mass is 447 g/mol. The summed E-state index contributed by atoms with van der Waals surface area (Å²) in [5, 5.41) is 17.8. The van der Waals surface area contributed by atoms with Crippen molar-refractivity contribution in [3.05, 3.63) is 45.6 Å². The number of aromatic nitrogens is 2. The highest BCUT2D eigenvalue weighted by atomic mass is 35.5. The summed E-state index contributed by atoms with van der Waals surface area (Å²) in [6, 6.07) is 5.61. The molecule has 158 valence electrons. The summed E-state index contributed by atoms with van der Waals surface area (Å²) in [5.74, 6) is 2.38. The molecular weight excluding hydrogens is 425 g/mol. The molecule has 1 unspecified atom stereocenters. The lowest BCUT2D eigenvalue weighted by molar-refractivity contribution is 0.226. The quantitative estimate of drug-likeness (QED) is 0.748. The fourth-order valence-corrected chi connectivity index (χ4v) is 4.59. The third-order valence-corrected chi connectivity index (χ3v) is 6.48. The molecule has 3 aliphatic heterocycles. The van der Waals surface area contributed by atoms with Crippen molar-refractivity contribution in [2.24, 2.45) is 10.1 Å². The number of amidine groups is 1. The minimum Gasteiger partial charge on any atom is -0.419 e. The summed E-state index contributed by atoms with van der Waals surface area (Å²) in [6.07, 6.45) is 2.68. The minimum absolute atomic E-state index is 0.0514. The third kappa shape index (κ3) is 4.09. The maximum absolute atomic E-state index is 6.40. The van der Waals surface area contributed by atoms with Crippen LogP contribution in [0.2, 0.25) is 10.0 Å². The van der Waals surface area contributed by atoms with Gasteiger partial charge in [0.1, 0.15) is 11.5 Å². The zero-order valence-corrected chi connectivity index (χ0v) is 18.0. The highest BCUT2D eigenvalue weighted by Gasteiger charge is 2.34. The van der Waals surface area contributed by atoms with E-state index in [1.165, 1.54) is 0 Å². The van der Waals surface area contributed by atoms with Gasteiger partial charge in [0.15, 0.2) is 0 Å². The highest BCUT2D eigenvalue weighted by molar-refractivity contribution is 6.33. The molecule has 30 heavy (non-hydrogen) atoms. The number of rotatable bonds is 4. The fourth-order valence-electron chi connectivity index (χ4n) is 4.21. The van der Waals surface area contributed by atoms with E-state index in [2.05, 4.69) is 35.9 Å². The van der Waals surface area contributed by atoms with E-state index >= 15 is 0 Å². The van der Waals surface area contributed by atoms with Gasteiger partial charge in [0.05, 0.1) is 12.6 Å². The topological polar surface area (TPSA) is 90.9 Å². The molecular formula is C20H23Cl2N7O. The molecule has 10 heteroatoms. The molecule has 3 aliphatic rings. The number of hydrogen-bond donors (Lipinski definition) is 2. The summed E-state index contributed by atoms with van der Waals surface area (Å²) in [6.45, 7) is 4.18. The predicted molar refractivity (Wildman–Crippen MR) is 116 cm³/mol. The SMILES string of the molecule is Clc1ccc(Cl)c(CN2CCN=C3NN=C(c4nnc(C5CCNCC5)o4)CC32)c1. The molecule has 0 amide bonds. The van der Waals surface area contributed by atoms with Crippen molar-refractivity contribution in [2.75, 3.05) is 26.2 Å². The second-order valence-corrected chi connectivity index (χ2v) is 8.68. The van der Waals surface area contributed by atoms with Crippen molar-refractivity contribution in [2.45, 2.75) is 37.8 Å². The molecule has 8 nitrogen and oxygen atoms in total. The average Bonchev–Trinajstić information content (AvgIpc) is 3.27. The first-order valence-electron chi connectivity index (χ1n) is 10.3. The van der Waals surface area contributed by atoms with Crippen molar-refractivity contribution in [1.29, 1.82) is 0 Å². The van der Waals surface area contributed by atoms with Gasteiger partial charge in [-0.05, 0) is 49.7 Å². The first kappa shape index (κ1) is 19.9. The molecule has 1 saturated heterocycles. The Kier molecular flexibility index (Phi) is 5.73. The van der Waals surface area contributed by atoms with E-state index in [0.717, 1.165) is 49.6 Å². The molecule has 4 heterocycles. The van der Waals surface area contributed by atoms with Crippen LogP contribution < -0.4 is 10.7 Å². The van der Waals surface area contributed by atoms with E-state index in [0.29, 0.717) is 47.3 Å². The molecule has 1 atom stereocenters. The van der Waals surface area contributed by atoms with Crippen LogP contribution in [0.15, 0.2) is 32.7 Å². The van der Waals surface area contributed by atoms with Gasteiger partial charge in [-0.15, -0.1) is 10.2 Å². The van der Waals surface area contributed by atoms with Crippen LogP contribution in [0.4, 0.5) is 0 Å². The molecule has 0 radical (unpaired) electrons. The molecule has 0 saturated carbocycles. The van der Waals surface area contributed by atoms with Crippen molar-refractivity contribution >= 4 is 34.7 Å². The van der Waals surface area contributed by atoms with Gasteiger partial charge in [-0.1, -0.05) is 23.2 Å². The molecule has 2 aromatic rings. The van der Waals surface area contributed by atoms with E-state index in [1.54, 1.807) is 6.07 Å². The van der Waals surface area contributed by atoms with Crippen molar-refractivity contribution in [1.82, 2.24) is 25.8 Å². The van der Waals surface area contributed by atoms with Crippen molar-refractivity contribution in [3.8, 4) is 0 Å². The van der Waals surface area contributed by atoms with Crippen LogP contribution in [-0.4, -0.2) is 58.9 Å². The van der Waals surface area contributed by atoms with Gasteiger partial charge in [0, 0.05) is 35.5 Å². The Morgan fingerprint density at radius 1 is 1.17 bits per heavy atom. The van der Waals surface area contributed by atoms with E-state index in [9.17, 15) is 0 Å². The number of nitrogens with zero attached hydrogens (tertiary/aromatic N) is 5. The van der Waals surface area contributed by atoms with Crippen LogP contribution in [0.3, 0.4) is 0 Å². The van der Waals surface area contributed by atoms with Gasteiger partial charge in [-0.3, -0.25) is 15.3 Å². The van der Waals surface area contributed by atoms with Gasteiger partial charge < -0.3 is 9.73 Å². The van der Waals surface area contributed by atoms with Gasteiger partial charge in [0.2, 0.25) is 5.89 Å². The standard InChI is InChI=1S/C20H23Cl2N7O/c21-14-1-2-15(22)13(9-14)11-29-8-7-24-18-17(29)10-16(25-26-18)20-28-27-19(30-20)12-3-5-23-6-4-12/h1-2,9,12,17,23H,3-8,10-11H2,(H,24,26). The van der Waals surface area contributed by atoms with Crippen LogP contribution in [0.1, 0.15) is 42.5 Å². The summed E-state index contributed by atoms with van der Waals surface area (Å²) >= 11 is 12.6. The lowest BCUT2D eigenvalue weighted by atomic mass is 9.98. The number of halogens is 2. The Labute approximate surface area is 184 Å². The van der Waals surface area contributed by atoms with Crippen LogP contribution in [0.5, 0.6) is 0 Å². The predicted octanol–water partition coefficient (Wildman–Crippen LogP) is 2.82. The van der Waals surface area contributed by atoms with E-state index < -0.39 is 0 Å². The molecule has 1 aromatic heterocycles. The zero-order chi connectivity index (χ0) is 20.5. The van der Waals surface area contributed by atoms with Crippen molar-refractivity contribution < 1.29 is 4.42 Å². The van der Waals surface area contributed by atoms with Crippen LogP contribution >= 0.6 is 23.2 Å². The second-order valence-electron chi connectivity index (χ2n) is 7.83. The number of hydrazone groups is 1. The highest BCUT2D eigenvalue weighted by Crippen LogP contribution is 2.27. The first-order chi connectivity index (χ1) is 14.7. The summed E-state index contributed by atoms with van der Waals surface area (Å²) in [5.41, 5.74) is 4.86. The lowest BCUT2D eigenvalue weighted by Gasteiger charge is -2.37. The lowest BCUT2D eigenvalue weighted by Crippen LogP contribution is -2.53. The number of piperidine rings is 1. The summed E-state index contributed by atoms with van der Waals surface area (Å²) in [4.78, 5) is 6.95. The molecule has 0 bridgehead atoms. The first-order valence-corrected chi connectivity index (χ1v) is 11.0. The van der Waals surface area contributed by atoms with Crippen LogP contribution in [0.25, 0.3) is 0 Å². The summed E-state index contributed by atoms with van der Waals surface area (Å²) < 4.78 is 6.01. The van der Waals surface area contributed by atoms with Crippen LogP contribution in [-0.2, 0) is 6.54 Å². The van der Waals surface area contributed by atoms with Gasteiger partial charge in [0.25, 0.3) is 5.89 Å². The van der Waals surface area contributed by atoms with Crippen LogP contribution in [0, 0.1) is 0 Å². The molecule has 1 aromatic carbocycles. The Balaban J connectivity index is 1.34. The number of nitrogens with one attached hydrogen (secondary N) is 2. The molecule has 2 N–H and O–H groups in total. The van der Waals surface area contributed by atoms with Gasteiger partial charge in [-0.25, -0.2) is 0 Å². The second kappa shape index (κ2) is 8.63. The Morgan fingerprint density at radius 3 is 2.90 bits per heavy atom. The molecule has 1 fully saturated rings. The van der Waals surface area contributed by atoms with E-state index in [4.69, 9.17) is 27.6 Å². The van der Waals surface area contributed by atoms with E-state index in [1.807, 2.05) is 12.1 Å². The maximum atomic E-state index is 6.40. The smallest absolute Gasteiger partial charge is 0.263 e. The van der Waals surface area contributed by atoms with E-state index in [-0.39, 0.29) is 6.04 Å². The van der Waals surface area contributed by atoms with Gasteiger partial charge >= 0.3 is 0 Å². The zero-order valence-electron chi connectivity index (χ0n) is 16.4. The number of aliphatic imine (C=N–C) groups is 1. The van der Waals surface area contributed by atoms with Gasteiger partial charge in [-0.2, -0.15) is 5.10 Å². The maximum Gasteiger partial charge on any atom is 0.263 e. The van der Waals surface area contributed by atoms with Crippen molar-refractivity contribution in [3.63, 3.8) is 0 Å². The number of hydrogen-bond acceptors (Lipinski definition) is 8. The fraction of sp³-hybridized carbons (Fsp3) is 0.500. The molecule has 0 spiro atoms. The molecule has 5 rings (SSSR count). The minimum atomic E-state index is 0.0514. The third-order valence-electron chi connectivity index (χ3n) is 5.87. The normalized spacial score (nSPS) is 22.8. The molecule has 0 aliphatic carbocycles. The average molecular weight is 448 g/mol. The Morgan fingerprint density at radius 2 is 2.03 bits per heavy atom. The summed E-state index contributed by atoms with van der Waals surface area (Å²) in [7, 11) is 0. The largest absolute Gasteiger partial charge is 0.419 e. The Bertz CT molecular complexity index is 983. The Hall–Kier alpha value is -2.00. The number of benzene rings is 1. The number of fused-ring (bicyclic) bond motifs is 1.